The number of aliphatic hydroxyl groups excluding tert-OH is 1. The maximum absolute atomic E-state index is 12.3. The normalized spacial score (nSPS) is 28.6. The summed E-state index contributed by atoms with van der Waals surface area (Å²) in [5, 5.41) is 12.8. The summed E-state index contributed by atoms with van der Waals surface area (Å²) < 4.78 is 1.04. The molecule has 2 bridgehead atoms. The average molecular weight is 353 g/mol. The van der Waals surface area contributed by atoms with E-state index in [2.05, 4.69) is 26.1 Å². The van der Waals surface area contributed by atoms with Crippen molar-refractivity contribution >= 4 is 27.5 Å². The number of halogens is 1. The van der Waals surface area contributed by atoms with Gasteiger partial charge < -0.3 is 10.4 Å². The number of anilines is 1. The maximum Gasteiger partial charge on any atom is 0.238 e. The van der Waals surface area contributed by atoms with Crippen LogP contribution < -0.4 is 5.32 Å². The zero-order chi connectivity index (χ0) is 15.0. The number of hydrogen-bond donors (Lipinski definition) is 2. The standard InChI is InChI=1S/C16H21BrN2O2/c1-10-6-11(2-5-15(10)17)18-16(21)9-19-12-3-4-13(19)8-14(20)7-12/h2,5-6,12-14,20H,3-4,7-9H2,1H3,(H,18,21). The molecular formula is C16H21BrN2O2. The molecule has 2 unspecified atom stereocenters. The Balaban J connectivity index is 1.60. The number of nitrogens with one attached hydrogen (secondary N) is 1. The van der Waals surface area contributed by atoms with E-state index < -0.39 is 0 Å². The highest BCUT2D eigenvalue weighted by atomic mass is 79.9. The fraction of sp³-hybridized carbons (Fsp3) is 0.562. The quantitative estimate of drug-likeness (QED) is 0.879. The molecule has 2 aliphatic rings. The first-order valence-corrected chi connectivity index (χ1v) is 8.32. The van der Waals surface area contributed by atoms with Crippen molar-refractivity contribution in [3.8, 4) is 0 Å². The molecule has 114 valence electrons. The Bertz CT molecular complexity index is 535. The third-order valence-corrected chi connectivity index (χ3v) is 5.52. The minimum atomic E-state index is -0.184. The number of piperidine rings is 1. The molecule has 2 N–H and O–H groups in total. The Morgan fingerprint density at radius 2 is 2.05 bits per heavy atom. The molecule has 0 spiro atoms. The van der Waals surface area contributed by atoms with E-state index in [9.17, 15) is 9.90 Å². The first-order chi connectivity index (χ1) is 10.0. The number of aryl methyl sites for hydroxylation is 1. The third-order valence-electron chi connectivity index (χ3n) is 4.63. The fourth-order valence-corrected chi connectivity index (χ4v) is 3.84. The second-order valence-electron chi connectivity index (χ2n) is 6.19. The van der Waals surface area contributed by atoms with Gasteiger partial charge in [0.1, 0.15) is 0 Å². The maximum atomic E-state index is 12.3. The van der Waals surface area contributed by atoms with Gasteiger partial charge in [-0.2, -0.15) is 0 Å². The molecular weight excluding hydrogens is 332 g/mol. The van der Waals surface area contributed by atoms with Crippen molar-refractivity contribution in [3.63, 3.8) is 0 Å². The first kappa shape index (κ1) is 15.0. The first-order valence-electron chi connectivity index (χ1n) is 7.53. The van der Waals surface area contributed by atoms with Crippen molar-refractivity contribution in [2.45, 2.75) is 50.8 Å². The van der Waals surface area contributed by atoms with Crippen LogP contribution in [0.4, 0.5) is 5.69 Å². The molecule has 1 aromatic carbocycles. The minimum absolute atomic E-state index is 0.0324. The van der Waals surface area contributed by atoms with Gasteiger partial charge in [-0.1, -0.05) is 15.9 Å². The lowest BCUT2D eigenvalue weighted by atomic mass is 10.00. The zero-order valence-corrected chi connectivity index (χ0v) is 13.8. The molecule has 0 saturated carbocycles. The smallest absolute Gasteiger partial charge is 0.238 e. The van der Waals surface area contributed by atoms with E-state index in [-0.39, 0.29) is 12.0 Å². The number of carbonyl (C=O) groups excluding carboxylic acids is 1. The summed E-state index contributed by atoms with van der Waals surface area (Å²) in [5.74, 6) is 0.0324. The molecule has 0 radical (unpaired) electrons. The van der Waals surface area contributed by atoms with Crippen LogP contribution in [-0.2, 0) is 4.79 Å². The van der Waals surface area contributed by atoms with Crippen LogP contribution in [0.2, 0.25) is 0 Å². The molecule has 2 fully saturated rings. The Kier molecular flexibility index (Phi) is 4.33. The van der Waals surface area contributed by atoms with E-state index in [1.165, 1.54) is 0 Å². The summed E-state index contributed by atoms with van der Waals surface area (Å²) in [4.78, 5) is 14.5. The molecule has 0 aliphatic carbocycles. The van der Waals surface area contributed by atoms with Crippen LogP contribution in [0.15, 0.2) is 22.7 Å². The number of nitrogens with zero attached hydrogens (tertiary/aromatic N) is 1. The van der Waals surface area contributed by atoms with E-state index in [1.807, 2.05) is 25.1 Å². The number of rotatable bonds is 3. The Morgan fingerprint density at radius 1 is 1.38 bits per heavy atom. The van der Waals surface area contributed by atoms with Crippen LogP contribution in [0.3, 0.4) is 0 Å². The zero-order valence-electron chi connectivity index (χ0n) is 12.2. The van der Waals surface area contributed by atoms with Gasteiger partial charge >= 0.3 is 0 Å². The fourth-order valence-electron chi connectivity index (χ4n) is 3.59. The minimum Gasteiger partial charge on any atom is -0.393 e. The molecule has 2 heterocycles. The molecule has 5 heteroatoms. The van der Waals surface area contributed by atoms with Crippen molar-refractivity contribution in [2.75, 3.05) is 11.9 Å². The number of aliphatic hydroxyl groups is 1. The molecule has 0 aromatic heterocycles. The number of carbonyl (C=O) groups is 1. The highest BCUT2D eigenvalue weighted by Gasteiger charge is 2.40. The van der Waals surface area contributed by atoms with Crippen molar-refractivity contribution in [1.29, 1.82) is 0 Å². The monoisotopic (exact) mass is 352 g/mol. The van der Waals surface area contributed by atoms with Gasteiger partial charge in [-0.05, 0) is 56.4 Å². The summed E-state index contributed by atoms with van der Waals surface area (Å²) in [5.41, 5.74) is 1.94. The van der Waals surface area contributed by atoms with Gasteiger partial charge in [0.2, 0.25) is 5.91 Å². The van der Waals surface area contributed by atoms with E-state index in [0.29, 0.717) is 18.6 Å². The topological polar surface area (TPSA) is 52.6 Å². The molecule has 1 aromatic rings. The van der Waals surface area contributed by atoms with Crippen LogP contribution in [0.1, 0.15) is 31.2 Å². The SMILES string of the molecule is Cc1cc(NC(=O)CN2C3CCC2CC(O)C3)ccc1Br. The summed E-state index contributed by atoms with van der Waals surface area (Å²) in [6.45, 7) is 2.43. The highest BCUT2D eigenvalue weighted by Crippen LogP contribution is 2.35. The molecule has 2 saturated heterocycles. The molecule has 2 atom stereocenters. The number of hydrogen-bond acceptors (Lipinski definition) is 3. The molecule has 1 amide bonds. The second kappa shape index (κ2) is 6.07. The number of fused-ring (bicyclic) bond motifs is 2. The summed E-state index contributed by atoms with van der Waals surface area (Å²) in [6, 6.07) is 6.57. The molecule has 21 heavy (non-hydrogen) atoms. The number of amides is 1. The van der Waals surface area contributed by atoms with E-state index in [1.54, 1.807) is 0 Å². The van der Waals surface area contributed by atoms with Crippen LogP contribution >= 0.6 is 15.9 Å². The van der Waals surface area contributed by atoms with Gasteiger partial charge in [0.25, 0.3) is 0 Å². The molecule has 3 rings (SSSR count). The molecule has 4 nitrogen and oxygen atoms in total. The van der Waals surface area contributed by atoms with Crippen molar-refractivity contribution in [3.05, 3.63) is 28.2 Å². The highest BCUT2D eigenvalue weighted by molar-refractivity contribution is 9.10. The predicted molar refractivity (Wildman–Crippen MR) is 86.3 cm³/mol. The summed E-state index contributed by atoms with van der Waals surface area (Å²) in [7, 11) is 0. The van der Waals surface area contributed by atoms with Gasteiger partial charge in [-0.15, -0.1) is 0 Å². The molecule has 2 aliphatic heterocycles. The lowest BCUT2D eigenvalue weighted by Gasteiger charge is -2.36. The van der Waals surface area contributed by atoms with Crippen molar-refractivity contribution < 1.29 is 9.90 Å². The Morgan fingerprint density at radius 3 is 2.67 bits per heavy atom. The van der Waals surface area contributed by atoms with Crippen LogP contribution in [0, 0.1) is 6.92 Å². The van der Waals surface area contributed by atoms with Crippen LogP contribution in [0.5, 0.6) is 0 Å². The summed E-state index contributed by atoms with van der Waals surface area (Å²) in [6.07, 6.45) is 3.64. The van der Waals surface area contributed by atoms with Crippen molar-refractivity contribution in [1.82, 2.24) is 4.90 Å². The lowest BCUT2D eigenvalue weighted by Crippen LogP contribution is -2.47. The second-order valence-corrected chi connectivity index (χ2v) is 7.05. The lowest BCUT2D eigenvalue weighted by molar-refractivity contribution is -0.119. The average Bonchev–Trinajstić information content (AvgIpc) is 2.67. The van der Waals surface area contributed by atoms with Crippen molar-refractivity contribution in [2.24, 2.45) is 0 Å². The number of benzene rings is 1. The van der Waals surface area contributed by atoms with Crippen LogP contribution in [0.25, 0.3) is 0 Å². The Labute approximate surface area is 133 Å². The largest absolute Gasteiger partial charge is 0.393 e. The predicted octanol–water partition coefficient (Wildman–Crippen LogP) is 2.68. The van der Waals surface area contributed by atoms with E-state index in [0.717, 1.165) is 41.4 Å². The van der Waals surface area contributed by atoms with Crippen LogP contribution in [-0.4, -0.2) is 40.6 Å². The van der Waals surface area contributed by atoms with Gasteiger partial charge in [-0.25, -0.2) is 0 Å². The third kappa shape index (κ3) is 3.30. The van der Waals surface area contributed by atoms with E-state index in [4.69, 9.17) is 0 Å². The van der Waals surface area contributed by atoms with Gasteiger partial charge in [0, 0.05) is 22.2 Å². The van der Waals surface area contributed by atoms with E-state index >= 15 is 0 Å². The van der Waals surface area contributed by atoms with Gasteiger partial charge in [0.05, 0.1) is 12.6 Å². The Hall–Kier alpha value is -0.910. The summed E-state index contributed by atoms with van der Waals surface area (Å²) >= 11 is 3.46. The van der Waals surface area contributed by atoms with Gasteiger partial charge in [-0.3, -0.25) is 9.69 Å². The van der Waals surface area contributed by atoms with Gasteiger partial charge in [0.15, 0.2) is 0 Å².